The van der Waals surface area contributed by atoms with Gasteiger partial charge in [-0.05, 0) is 18.9 Å². The van der Waals surface area contributed by atoms with Crippen LogP contribution in [0.1, 0.15) is 29.8 Å². The van der Waals surface area contributed by atoms with E-state index in [0.717, 1.165) is 12.0 Å². The van der Waals surface area contributed by atoms with Gasteiger partial charge in [0, 0.05) is 5.56 Å². The van der Waals surface area contributed by atoms with E-state index in [4.69, 9.17) is 0 Å². The lowest BCUT2D eigenvalue weighted by molar-refractivity contribution is 0.101. The summed E-state index contributed by atoms with van der Waals surface area (Å²) in [5.74, 6) is 0.132. The first kappa shape index (κ1) is 11.4. The minimum Gasteiger partial charge on any atom is -0.295 e. The highest BCUT2D eigenvalue weighted by Crippen LogP contribution is 2.04. The highest BCUT2D eigenvalue weighted by molar-refractivity contribution is 5.93. The Morgan fingerprint density at radius 1 is 1.23 bits per heavy atom. The van der Waals surface area contributed by atoms with Crippen LogP contribution >= 0.6 is 0 Å². The molecule has 1 aromatic carbocycles. The van der Waals surface area contributed by atoms with Crippen molar-refractivity contribution in [3.8, 4) is 12.8 Å². The molecule has 0 aliphatic heterocycles. The molecule has 0 unspecified atom stereocenters. The van der Waals surface area contributed by atoms with Gasteiger partial charge in [0.2, 0.25) is 0 Å². The molecule has 1 rings (SSSR count). The summed E-state index contributed by atoms with van der Waals surface area (Å²) in [5, 5.41) is 0. The molecule has 68 valence electrons. The molecule has 0 bridgehead atoms. The highest BCUT2D eigenvalue weighted by Gasteiger charge is 1.96. The van der Waals surface area contributed by atoms with Gasteiger partial charge in [-0.25, -0.2) is 0 Å². The molecular formula is C12H14O. The Bertz CT molecular complexity index is 280. The van der Waals surface area contributed by atoms with Crippen LogP contribution in [0.2, 0.25) is 0 Å². The summed E-state index contributed by atoms with van der Waals surface area (Å²) in [6.07, 6.45) is 9.03. The predicted molar refractivity (Wildman–Crippen MR) is 55.7 cm³/mol. The molecule has 13 heavy (non-hydrogen) atoms. The number of aryl methyl sites for hydroxylation is 1. The lowest BCUT2D eigenvalue weighted by Gasteiger charge is -1.97. The van der Waals surface area contributed by atoms with Crippen molar-refractivity contribution in [3.63, 3.8) is 0 Å². The molecule has 0 heterocycles. The second kappa shape index (κ2) is 6.02. The number of hydrogen-bond acceptors (Lipinski definition) is 1. The molecule has 0 atom stereocenters. The highest BCUT2D eigenvalue weighted by atomic mass is 16.1. The number of ketones is 1. The van der Waals surface area contributed by atoms with E-state index < -0.39 is 0 Å². The zero-order chi connectivity index (χ0) is 10.3. The van der Waals surface area contributed by atoms with Gasteiger partial charge in [0.1, 0.15) is 0 Å². The molecule has 0 spiro atoms. The first-order chi connectivity index (χ1) is 6.24. The van der Waals surface area contributed by atoms with Crippen molar-refractivity contribution in [1.29, 1.82) is 0 Å². The molecule has 0 aliphatic rings. The van der Waals surface area contributed by atoms with Crippen LogP contribution in [0.4, 0.5) is 0 Å². The fourth-order valence-electron chi connectivity index (χ4n) is 0.975. The Kier molecular flexibility index (Phi) is 5.30. The summed E-state index contributed by atoms with van der Waals surface area (Å²) >= 11 is 0. The average molecular weight is 174 g/mol. The van der Waals surface area contributed by atoms with Gasteiger partial charge in [0.15, 0.2) is 5.78 Å². The van der Waals surface area contributed by atoms with Crippen LogP contribution in [0.25, 0.3) is 0 Å². The minimum absolute atomic E-state index is 0.132. The van der Waals surface area contributed by atoms with E-state index in [1.807, 2.05) is 24.3 Å². The Labute approximate surface area is 79.8 Å². The number of carbonyl (C=O) groups is 1. The zero-order valence-electron chi connectivity index (χ0n) is 8.08. The molecule has 0 saturated heterocycles. The average Bonchev–Trinajstić information content (AvgIpc) is 2.21. The minimum atomic E-state index is 0.132. The van der Waals surface area contributed by atoms with Crippen molar-refractivity contribution < 1.29 is 4.79 Å². The summed E-state index contributed by atoms with van der Waals surface area (Å²) in [5.41, 5.74) is 2.07. The third kappa shape index (κ3) is 3.57. The van der Waals surface area contributed by atoms with Crippen molar-refractivity contribution in [2.45, 2.75) is 20.3 Å². The number of carbonyl (C=O) groups excluding carboxylic acids is 1. The molecule has 0 amide bonds. The number of Topliss-reactive ketones (excluding diaryl/α,β-unsaturated/α-hetero) is 1. The fourth-order valence-corrected chi connectivity index (χ4v) is 0.975. The van der Waals surface area contributed by atoms with Gasteiger partial charge >= 0.3 is 0 Å². The Morgan fingerprint density at radius 2 is 1.69 bits per heavy atom. The first-order valence-electron chi connectivity index (χ1n) is 4.17. The smallest absolute Gasteiger partial charge is 0.159 e. The summed E-state index contributed by atoms with van der Waals surface area (Å²) < 4.78 is 0. The zero-order valence-corrected chi connectivity index (χ0v) is 8.08. The summed E-state index contributed by atoms with van der Waals surface area (Å²) in [4.78, 5) is 10.8. The maximum Gasteiger partial charge on any atom is 0.159 e. The number of benzene rings is 1. The van der Waals surface area contributed by atoms with Crippen molar-refractivity contribution in [2.24, 2.45) is 0 Å². The van der Waals surface area contributed by atoms with E-state index in [1.54, 1.807) is 6.92 Å². The van der Waals surface area contributed by atoms with Crippen LogP contribution in [0.15, 0.2) is 24.3 Å². The van der Waals surface area contributed by atoms with Crippen LogP contribution in [-0.4, -0.2) is 5.78 Å². The van der Waals surface area contributed by atoms with Gasteiger partial charge in [-0.2, -0.15) is 0 Å². The van der Waals surface area contributed by atoms with E-state index in [9.17, 15) is 4.79 Å². The SMILES string of the molecule is C#C.CCc1ccc(C(C)=O)cc1. The molecule has 1 aromatic rings. The molecule has 1 nitrogen and oxygen atoms in total. The van der Waals surface area contributed by atoms with Crippen molar-refractivity contribution in [2.75, 3.05) is 0 Å². The predicted octanol–water partition coefficient (Wildman–Crippen LogP) is 2.70. The largest absolute Gasteiger partial charge is 0.295 e. The fraction of sp³-hybridized carbons (Fsp3) is 0.250. The molecule has 0 aromatic heterocycles. The van der Waals surface area contributed by atoms with Gasteiger partial charge in [-0.1, -0.05) is 31.2 Å². The van der Waals surface area contributed by atoms with E-state index in [1.165, 1.54) is 5.56 Å². The van der Waals surface area contributed by atoms with Gasteiger partial charge < -0.3 is 0 Å². The first-order valence-corrected chi connectivity index (χ1v) is 4.17. The maximum absolute atomic E-state index is 10.8. The second-order valence-corrected chi connectivity index (χ2v) is 2.61. The van der Waals surface area contributed by atoms with Crippen LogP contribution in [0.5, 0.6) is 0 Å². The Hall–Kier alpha value is -1.55. The quantitative estimate of drug-likeness (QED) is 0.497. The van der Waals surface area contributed by atoms with Crippen molar-refractivity contribution in [3.05, 3.63) is 35.4 Å². The van der Waals surface area contributed by atoms with Crippen LogP contribution in [0, 0.1) is 12.8 Å². The summed E-state index contributed by atoms with van der Waals surface area (Å²) in [6.45, 7) is 3.68. The van der Waals surface area contributed by atoms with Crippen molar-refractivity contribution in [1.82, 2.24) is 0 Å². The van der Waals surface area contributed by atoms with Gasteiger partial charge in [0.25, 0.3) is 0 Å². The van der Waals surface area contributed by atoms with Crippen LogP contribution in [-0.2, 0) is 6.42 Å². The Balaban J connectivity index is 0.000000671. The molecule has 1 heteroatoms. The van der Waals surface area contributed by atoms with Gasteiger partial charge in [-0.3, -0.25) is 4.79 Å². The number of terminal acetylenes is 1. The molecule has 0 radical (unpaired) electrons. The number of hydrogen-bond donors (Lipinski definition) is 0. The monoisotopic (exact) mass is 174 g/mol. The van der Waals surface area contributed by atoms with Crippen LogP contribution < -0.4 is 0 Å². The molecule has 0 aliphatic carbocycles. The summed E-state index contributed by atoms with van der Waals surface area (Å²) in [6, 6.07) is 7.75. The van der Waals surface area contributed by atoms with Gasteiger partial charge in [0.05, 0.1) is 0 Å². The van der Waals surface area contributed by atoms with E-state index in [0.29, 0.717) is 0 Å². The second-order valence-electron chi connectivity index (χ2n) is 2.61. The lowest BCUT2D eigenvalue weighted by Crippen LogP contribution is -1.91. The molecule has 0 N–H and O–H groups in total. The molecule has 0 fully saturated rings. The maximum atomic E-state index is 10.8. The van der Waals surface area contributed by atoms with E-state index in [-0.39, 0.29) is 5.78 Å². The van der Waals surface area contributed by atoms with E-state index >= 15 is 0 Å². The normalized spacial score (nSPS) is 8.31. The summed E-state index contributed by atoms with van der Waals surface area (Å²) in [7, 11) is 0. The lowest BCUT2D eigenvalue weighted by atomic mass is 10.1. The molecular weight excluding hydrogens is 160 g/mol. The number of rotatable bonds is 2. The Morgan fingerprint density at radius 3 is 2.00 bits per heavy atom. The van der Waals surface area contributed by atoms with Gasteiger partial charge in [-0.15, -0.1) is 12.8 Å². The standard InChI is InChI=1S/C10H12O.C2H2/c1-3-9-4-6-10(7-5-9)8(2)11;1-2/h4-7H,3H2,1-2H3;1-2H. The topological polar surface area (TPSA) is 17.1 Å². The van der Waals surface area contributed by atoms with Crippen molar-refractivity contribution >= 4 is 5.78 Å². The van der Waals surface area contributed by atoms with E-state index in [2.05, 4.69) is 19.8 Å². The molecule has 0 saturated carbocycles. The third-order valence-corrected chi connectivity index (χ3v) is 1.77. The van der Waals surface area contributed by atoms with Crippen LogP contribution in [0.3, 0.4) is 0 Å². The third-order valence-electron chi connectivity index (χ3n) is 1.77.